The predicted octanol–water partition coefficient (Wildman–Crippen LogP) is 4.75. The average Bonchev–Trinajstić information content (AvgIpc) is 3.15. The van der Waals surface area contributed by atoms with Crippen molar-refractivity contribution >= 4 is 28.7 Å². The Labute approximate surface area is 155 Å². The molecule has 24 heavy (non-hydrogen) atoms. The summed E-state index contributed by atoms with van der Waals surface area (Å²) >= 11 is 2.29. The molecule has 3 rings (SSSR count). The average molecular weight is 439 g/mol. The van der Waals surface area contributed by atoms with E-state index in [-0.39, 0.29) is 12.1 Å². The highest BCUT2D eigenvalue weighted by Gasteiger charge is 2.34. The molecule has 1 atom stereocenters. The molecular formula is C18H22IN3O2. The summed E-state index contributed by atoms with van der Waals surface area (Å²) in [5.74, 6) is 0. The molecule has 1 N–H and O–H groups in total. The molecule has 0 aliphatic carbocycles. The number of nitrogens with zero attached hydrogens (tertiary/aromatic N) is 2. The molecule has 1 aliphatic rings. The molecule has 6 heteroatoms. The van der Waals surface area contributed by atoms with Crippen LogP contribution in [0.3, 0.4) is 0 Å². The number of amides is 1. The molecular weight excluding hydrogens is 417 g/mol. The minimum Gasteiger partial charge on any atom is -0.444 e. The van der Waals surface area contributed by atoms with Crippen molar-refractivity contribution in [3.8, 4) is 11.3 Å². The van der Waals surface area contributed by atoms with E-state index < -0.39 is 5.60 Å². The summed E-state index contributed by atoms with van der Waals surface area (Å²) in [6.45, 7) is 6.38. The lowest BCUT2D eigenvalue weighted by Crippen LogP contribution is -2.36. The fourth-order valence-electron chi connectivity index (χ4n) is 2.90. The lowest BCUT2D eigenvalue weighted by atomic mass is 10.1. The second-order valence-corrected chi connectivity index (χ2v) is 8.29. The van der Waals surface area contributed by atoms with E-state index in [9.17, 15) is 4.79 Å². The van der Waals surface area contributed by atoms with E-state index in [1.54, 1.807) is 4.90 Å². The number of likely N-dealkylation sites (tertiary alicyclic amines) is 1. The first kappa shape index (κ1) is 17.3. The first-order valence-electron chi connectivity index (χ1n) is 8.14. The van der Waals surface area contributed by atoms with E-state index in [0.717, 1.165) is 29.8 Å². The monoisotopic (exact) mass is 439 g/mol. The number of hydrogen-bond donors (Lipinski definition) is 1. The van der Waals surface area contributed by atoms with Crippen LogP contribution in [0.4, 0.5) is 4.79 Å². The Morgan fingerprint density at radius 1 is 1.33 bits per heavy atom. The Kier molecular flexibility index (Phi) is 4.85. The van der Waals surface area contributed by atoms with Crippen LogP contribution in [0.2, 0.25) is 0 Å². The number of nitrogens with one attached hydrogen (secondary N) is 1. The van der Waals surface area contributed by atoms with E-state index in [2.05, 4.69) is 57.1 Å². The highest BCUT2D eigenvalue weighted by atomic mass is 127. The van der Waals surface area contributed by atoms with Crippen molar-refractivity contribution in [3.63, 3.8) is 0 Å². The van der Waals surface area contributed by atoms with Crippen LogP contribution in [0.1, 0.15) is 45.3 Å². The molecule has 0 unspecified atom stereocenters. The van der Waals surface area contributed by atoms with Gasteiger partial charge in [0.1, 0.15) is 5.60 Å². The Morgan fingerprint density at radius 2 is 2.04 bits per heavy atom. The smallest absolute Gasteiger partial charge is 0.410 e. The number of ether oxygens (including phenoxy) is 1. The molecule has 128 valence electrons. The SMILES string of the molecule is CC(C)(C)OC(=O)N1CCC[C@H]1c1cc(-c2ccc(I)cc2)[nH]n1. The first-order chi connectivity index (χ1) is 11.3. The van der Waals surface area contributed by atoms with E-state index in [0.29, 0.717) is 6.54 Å². The van der Waals surface area contributed by atoms with Crippen LogP contribution in [0.25, 0.3) is 11.3 Å². The third-order valence-corrected chi connectivity index (χ3v) is 4.69. The molecule has 1 aromatic heterocycles. The van der Waals surface area contributed by atoms with Crippen molar-refractivity contribution < 1.29 is 9.53 Å². The van der Waals surface area contributed by atoms with E-state index in [1.807, 2.05) is 26.8 Å². The molecule has 1 aromatic carbocycles. The zero-order valence-corrected chi connectivity index (χ0v) is 16.3. The van der Waals surface area contributed by atoms with E-state index in [4.69, 9.17) is 4.74 Å². The standard InChI is InChI=1S/C18H22IN3O2/c1-18(2,3)24-17(23)22-10-4-5-16(22)15-11-14(20-21-15)12-6-8-13(19)9-7-12/h6-9,11,16H,4-5,10H2,1-3H3,(H,20,21)/t16-/m0/s1. The van der Waals surface area contributed by atoms with Crippen molar-refractivity contribution in [3.05, 3.63) is 39.6 Å². The van der Waals surface area contributed by atoms with Gasteiger partial charge in [-0.1, -0.05) is 12.1 Å². The number of carbonyl (C=O) groups excluding carboxylic acids is 1. The molecule has 5 nitrogen and oxygen atoms in total. The summed E-state index contributed by atoms with van der Waals surface area (Å²) in [5.41, 5.74) is 2.47. The number of hydrogen-bond acceptors (Lipinski definition) is 3. The van der Waals surface area contributed by atoms with Gasteiger partial charge in [-0.3, -0.25) is 10.00 Å². The maximum atomic E-state index is 12.4. The number of halogens is 1. The Morgan fingerprint density at radius 3 is 2.71 bits per heavy atom. The zero-order valence-electron chi connectivity index (χ0n) is 14.2. The van der Waals surface area contributed by atoms with Gasteiger partial charge in [0, 0.05) is 10.1 Å². The summed E-state index contributed by atoms with van der Waals surface area (Å²) in [6, 6.07) is 10.3. The summed E-state index contributed by atoms with van der Waals surface area (Å²) in [4.78, 5) is 14.2. The molecule has 1 amide bonds. The van der Waals surface area contributed by atoms with Gasteiger partial charge in [-0.15, -0.1) is 0 Å². The normalized spacial score (nSPS) is 18.0. The van der Waals surface area contributed by atoms with Gasteiger partial charge in [0.05, 0.1) is 17.4 Å². The molecule has 1 aliphatic heterocycles. The number of benzene rings is 1. The number of aromatic nitrogens is 2. The predicted molar refractivity (Wildman–Crippen MR) is 102 cm³/mol. The van der Waals surface area contributed by atoms with Gasteiger partial charge in [0.25, 0.3) is 0 Å². The van der Waals surface area contributed by atoms with Crippen LogP contribution in [-0.4, -0.2) is 33.3 Å². The van der Waals surface area contributed by atoms with Crippen LogP contribution in [0.5, 0.6) is 0 Å². The molecule has 2 heterocycles. The van der Waals surface area contributed by atoms with Crippen molar-refractivity contribution in [1.82, 2.24) is 15.1 Å². The summed E-state index contributed by atoms with van der Waals surface area (Å²) in [5, 5.41) is 7.54. The minimum absolute atomic E-state index is 0.0197. The Hall–Kier alpha value is -1.57. The van der Waals surface area contributed by atoms with Gasteiger partial charge in [-0.25, -0.2) is 4.79 Å². The lowest BCUT2D eigenvalue weighted by Gasteiger charge is -2.27. The summed E-state index contributed by atoms with van der Waals surface area (Å²) in [6.07, 6.45) is 1.62. The molecule has 1 saturated heterocycles. The number of H-pyrrole nitrogens is 1. The molecule has 0 saturated carbocycles. The fourth-order valence-corrected chi connectivity index (χ4v) is 3.26. The van der Waals surface area contributed by atoms with Crippen molar-refractivity contribution in [2.24, 2.45) is 0 Å². The molecule has 1 fully saturated rings. The topological polar surface area (TPSA) is 58.2 Å². The maximum Gasteiger partial charge on any atom is 0.410 e. The quantitative estimate of drug-likeness (QED) is 0.687. The summed E-state index contributed by atoms with van der Waals surface area (Å²) in [7, 11) is 0. The highest BCUT2D eigenvalue weighted by molar-refractivity contribution is 14.1. The third-order valence-electron chi connectivity index (χ3n) is 3.98. The van der Waals surface area contributed by atoms with Crippen molar-refractivity contribution in [2.75, 3.05) is 6.54 Å². The Balaban J connectivity index is 1.78. The lowest BCUT2D eigenvalue weighted by molar-refractivity contribution is 0.0221. The Bertz CT molecular complexity index is 719. The van der Waals surface area contributed by atoms with Crippen LogP contribution in [0.15, 0.2) is 30.3 Å². The van der Waals surface area contributed by atoms with Gasteiger partial charge >= 0.3 is 6.09 Å². The molecule has 0 radical (unpaired) electrons. The van der Waals surface area contributed by atoms with Crippen molar-refractivity contribution in [2.45, 2.75) is 45.3 Å². The second kappa shape index (κ2) is 6.74. The van der Waals surface area contributed by atoms with Crippen LogP contribution < -0.4 is 0 Å². The second-order valence-electron chi connectivity index (χ2n) is 7.05. The molecule has 2 aromatic rings. The van der Waals surface area contributed by atoms with Gasteiger partial charge in [-0.2, -0.15) is 5.10 Å². The largest absolute Gasteiger partial charge is 0.444 e. The number of aromatic amines is 1. The number of carbonyl (C=O) groups is 1. The van der Waals surface area contributed by atoms with E-state index >= 15 is 0 Å². The number of rotatable bonds is 2. The van der Waals surface area contributed by atoms with Gasteiger partial charge in [0.2, 0.25) is 0 Å². The minimum atomic E-state index is -0.484. The van der Waals surface area contributed by atoms with E-state index in [1.165, 1.54) is 3.57 Å². The van der Waals surface area contributed by atoms with Gasteiger partial charge in [-0.05, 0) is 80.0 Å². The van der Waals surface area contributed by atoms with Crippen LogP contribution in [0, 0.1) is 3.57 Å². The van der Waals surface area contributed by atoms with Gasteiger partial charge in [0.15, 0.2) is 0 Å². The molecule has 0 bridgehead atoms. The fraction of sp³-hybridized carbons (Fsp3) is 0.444. The maximum absolute atomic E-state index is 12.4. The highest BCUT2D eigenvalue weighted by Crippen LogP contribution is 2.33. The summed E-state index contributed by atoms with van der Waals surface area (Å²) < 4.78 is 6.72. The van der Waals surface area contributed by atoms with Crippen LogP contribution >= 0.6 is 22.6 Å². The molecule has 0 spiro atoms. The zero-order chi connectivity index (χ0) is 17.3. The van der Waals surface area contributed by atoms with Crippen LogP contribution in [-0.2, 0) is 4.74 Å². The van der Waals surface area contributed by atoms with Gasteiger partial charge < -0.3 is 4.74 Å². The third kappa shape index (κ3) is 3.91. The van der Waals surface area contributed by atoms with Crippen molar-refractivity contribution in [1.29, 1.82) is 0 Å². The first-order valence-corrected chi connectivity index (χ1v) is 9.22.